The first-order chi connectivity index (χ1) is 11.4. The Morgan fingerprint density at radius 2 is 1.50 bits per heavy atom. The summed E-state index contributed by atoms with van der Waals surface area (Å²) in [5, 5.41) is 0. The van der Waals surface area contributed by atoms with Crippen LogP contribution in [0.2, 0.25) is 0 Å². The van der Waals surface area contributed by atoms with Gasteiger partial charge in [0.2, 0.25) is 0 Å². The number of nitrogens with zero attached hydrogens (tertiary/aromatic N) is 2. The van der Waals surface area contributed by atoms with Crippen LogP contribution in [0.25, 0.3) is 0 Å². The molecule has 3 nitrogen and oxygen atoms in total. The van der Waals surface area contributed by atoms with Crippen molar-refractivity contribution in [2.45, 2.75) is 91.4 Å². The van der Waals surface area contributed by atoms with E-state index in [0.717, 1.165) is 11.8 Å². The van der Waals surface area contributed by atoms with E-state index in [2.05, 4.69) is 44.4 Å². The van der Waals surface area contributed by atoms with Crippen molar-refractivity contribution in [3.63, 3.8) is 0 Å². The Kier molecular flexibility index (Phi) is 8.53. The molecule has 0 aromatic carbocycles. The molecule has 1 saturated carbocycles. The summed E-state index contributed by atoms with van der Waals surface area (Å²) >= 11 is 0. The van der Waals surface area contributed by atoms with Crippen molar-refractivity contribution in [1.29, 1.82) is 0 Å². The van der Waals surface area contributed by atoms with Crippen molar-refractivity contribution in [3.05, 3.63) is 0 Å². The number of ether oxygens (including phenoxy) is 1. The van der Waals surface area contributed by atoms with E-state index in [-0.39, 0.29) is 0 Å². The maximum atomic E-state index is 5.98. The predicted octanol–water partition coefficient (Wildman–Crippen LogP) is 4.41. The molecule has 0 spiro atoms. The molecule has 3 heteroatoms. The van der Waals surface area contributed by atoms with Gasteiger partial charge in [0.25, 0.3) is 0 Å². The molecule has 0 amide bonds. The summed E-state index contributed by atoms with van der Waals surface area (Å²) in [7, 11) is 0. The normalized spacial score (nSPS) is 28.6. The number of hydrogen-bond acceptors (Lipinski definition) is 3. The van der Waals surface area contributed by atoms with Gasteiger partial charge in [-0.3, -0.25) is 4.90 Å². The molecular formula is C21H42N2O. The topological polar surface area (TPSA) is 15.7 Å². The summed E-state index contributed by atoms with van der Waals surface area (Å²) in [6.07, 6.45) is 9.11. The Balaban J connectivity index is 1.56. The van der Waals surface area contributed by atoms with Gasteiger partial charge in [0.05, 0.1) is 12.2 Å². The van der Waals surface area contributed by atoms with Crippen LogP contribution in [-0.2, 0) is 4.74 Å². The number of rotatable bonds is 8. The summed E-state index contributed by atoms with van der Waals surface area (Å²) in [5.41, 5.74) is 0. The van der Waals surface area contributed by atoms with Crippen LogP contribution in [0, 0.1) is 11.8 Å². The molecule has 0 radical (unpaired) electrons. The lowest BCUT2D eigenvalue weighted by Gasteiger charge is -2.38. The molecule has 24 heavy (non-hydrogen) atoms. The van der Waals surface area contributed by atoms with E-state index in [1.165, 1.54) is 71.2 Å². The molecule has 1 unspecified atom stereocenters. The van der Waals surface area contributed by atoms with Crippen molar-refractivity contribution in [3.8, 4) is 0 Å². The van der Waals surface area contributed by atoms with Gasteiger partial charge in [0.1, 0.15) is 0 Å². The number of hydrogen-bond donors (Lipinski definition) is 0. The Morgan fingerprint density at radius 3 is 2.04 bits per heavy atom. The van der Waals surface area contributed by atoms with Crippen LogP contribution in [-0.4, -0.2) is 60.8 Å². The molecule has 1 saturated heterocycles. The average Bonchev–Trinajstić information content (AvgIpc) is 2.54. The fraction of sp³-hybridized carbons (Fsp3) is 1.00. The summed E-state index contributed by atoms with van der Waals surface area (Å²) in [5.74, 6) is 1.80. The minimum absolute atomic E-state index is 0.391. The molecule has 1 atom stereocenters. The van der Waals surface area contributed by atoms with Gasteiger partial charge >= 0.3 is 0 Å². The van der Waals surface area contributed by atoms with Crippen molar-refractivity contribution < 1.29 is 4.74 Å². The average molecular weight is 339 g/mol. The molecular weight excluding hydrogens is 296 g/mol. The van der Waals surface area contributed by atoms with E-state index in [9.17, 15) is 0 Å². The third-order valence-corrected chi connectivity index (χ3v) is 6.03. The molecule has 142 valence electrons. The summed E-state index contributed by atoms with van der Waals surface area (Å²) in [4.78, 5) is 5.30. The largest absolute Gasteiger partial charge is 0.376 e. The second-order valence-electron chi connectivity index (χ2n) is 8.94. The van der Waals surface area contributed by atoms with Crippen molar-refractivity contribution >= 4 is 0 Å². The van der Waals surface area contributed by atoms with Crippen LogP contribution in [0.1, 0.15) is 73.1 Å². The molecule has 2 aliphatic rings. The minimum atomic E-state index is 0.391. The number of piperazine rings is 1. The second kappa shape index (κ2) is 10.1. The first-order valence-corrected chi connectivity index (χ1v) is 10.6. The second-order valence-corrected chi connectivity index (χ2v) is 8.94. The van der Waals surface area contributed by atoms with Gasteiger partial charge in [-0.2, -0.15) is 0 Å². The van der Waals surface area contributed by atoms with Gasteiger partial charge < -0.3 is 9.64 Å². The van der Waals surface area contributed by atoms with Gasteiger partial charge in [-0.15, -0.1) is 0 Å². The van der Waals surface area contributed by atoms with Crippen molar-refractivity contribution in [1.82, 2.24) is 9.80 Å². The first kappa shape index (κ1) is 20.2. The fourth-order valence-corrected chi connectivity index (χ4v) is 4.46. The van der Waals surface area contributed by atoms with Gasteiger partial charge in [-0.25, -0.2) is 0 Å². The lowest BCUT2D eigenvalue weighted by molar-refractivity contribution is -0.0206. The van der Waals surface area contributed by atoms with E-state index in [4.69, 9.17) is 4.74 Å². The Morgan fingerprint density at radius 1 is 0.875 bits per heavy atom. The highest BCUT2D eigenvalue weighted by atomic mass is 16.5. The van der Waals surface area contributed by atoms with E-state index in [1.807, 2.05) is 0 Å². The van der Waals surface area contributed by atoms with Crippen LogP contribution in [0.5, 0.6) is 0 Å². The molecule has 0 bridgehead atoms. The van der Waals surface area contributed by atoms with E-state index >= 15 is 0 Å². The van der Waals surface area contributed by atoms with Gasteiger partial charge in [0, 0.05) is 38.8 Å². The molecule has 1 aliphatic heterocycles. The third kappa shape index (κ3) is 7.01. The molecule has 1 heterocycles. The fourth-order valence-electron chi connectivity index (χ4n) is 4.46. The van der Waals surface area contributed by atoms with Crippen molar-refractivity contribution in [2.75, 3.05) is 32.7 Å². The van der Waals surface area contributed by atoms with Crippen molar-refractivity contribution in [2.24, 2.45) is 11.8 Å². The lowest BCUT2D eigenvalue weighted by Crippen LogP contribution is -2.49. The van der Waals surface area contributed by atoms with Crippen LogP contribution in [0.3, 0.4) is 0 Å². The van der Waals surface area contributed by atoms with Gasteiger partial charge in [-0.1, -0.05) is 13.3 Å². The summed E-state index contributed by atoms with van der Waals surface area (Å²) in [6, 6.07) is 0.708. The maximum Gasteiger partial charge on any atom is 0.0578 e. The molecule has 2 fully saturated rings. The van der Waals surface area contributed by atoms with Crippen LogP contribution < -0.4 is 0 Å². The quantitative estimate of drug-likeness (QED) is 0.652. The third-order valence-electron chi connectivity index (χ3n) is 6.03. The van der Waals surface area contributed by atoms with E-state index in [1.54, 1.807) is 0 Å². The van der Waals surface area contributed by atoms with E-state index in [0.29, 0.717) is 18.2 Å². The zero-order valence-corrected chi connectivity index (χ0v) is 17.0. The first-order valence-electron chi connectivity index (χ1n) is 10.6. The molecule has 0 N–H and O–H groups in total. The molecule has 0 aromatic heterocycles. The van der Waals surface area contributed by atoms with Crippen LogP contribution >= 0.6 is 0 Å². The van der Waals surface area contributed by atoms with Crippen LogP contribution in [0.15, 0.2) is 0 Å². The lowest BCUT2D eigenvalue weighted by atomic mass is 9.83. The zero-order chi connectivity index (χ0) is 17.5. The summed E-state index contributed by atoms with van der Waals surface area (Å²) < 4.78 is 5.98. The maximum absolute atomic E-state index is 5.98. The zero-order valence-electron chi connectivity index (χ0n) is 17.0. The van der Waals surface area contributed by atoms with Gasteiger partial charge in [0.15, 0.2) is 0 Å². The predicted molar refractivity (Wildman–Crippen MR) is 104 cm³/mol. The molecule has 0 aromatic rings. The van der Waals surface area contributed by atoms with E-state index < -0.39 is 0 Å². The van der Waals surface area contributed by atoms with Gasteiger partial charge in [-0.05, 0) is 71.6 Å². The SMILES string of the molecule is CC(CCC1CCC(OC(C)C)CC1)CN1CCN(C(C)C)CC1. The standard InChI is InChI=1S/C21H42N2O/c1-17(2)23-14-12-22(13-15-23)16-19(5)6-7-20-8-10-21(11-9-20)24-18(3)4/h17-21H,6-16H2,1-5H3. The Hall–Kier alpha value is -0.120. The summed E-state index contributed by atoms with van der Waals surface area (Å²) in [6.45, 7) is 17.8. The van der Waals surface area contributed by atoms with Crippen LogP contribution in [0.4, 0.5) is 0 Å². The molecule has 2 rings (SSSR count). The molecule has 1 aliphatic carbocycles. The monoisotopic (exact) mass is 338 g/mol. The Labute approximate surface area is 151 Å². The highest BCUT2D eigenvalue weighted by molar-refractivity contribution is 4.77. The minimum Gasteiger partial charge on any atom is -0.376 e. The highest BCUT2D eigenvalue weighted by Gasteiger charge is 2.24. The Bertz CT molecular complexity index is 329. The highest BCUT2D eigenvalue weighted by Crippen LogP contribution is 2.31. The smallest absolute Gasteiger partial charge is 0.0578 e.